The van der Waals surface area contributed by atoms with Crippen LogP contribution in [0.2, 0.25) is 5.02 Å². The van der Waals surface area contributed by atoms with Crippen LogP contribution in [0.4, 0.5) is 0 Å². The van der Waals surface area contributed by atoms with Gasteiger partial charge in [0.05, 0.1) is 0 Å². The van der Waals surface area contributed by atoms with Gasteiger partial charge in [0.15, 0.2) is 0 Å². The summed E-state index contributed by atoms with van der Waals surface area (Å²) in [4.78, 5) is 18.5. The number of hydrogen-bond donors (Lipinski definition) is 2. The van der Waals surface area contributed by atoms with Crippen molar-refractivity contribution in [2.75, 3.05) is 20.6 Å². The smallest absolute Gasteiger partial charge is 0.251 e. The van der Waals surface area contributed by atoms with Gasteiger partial charge in [0.2, 0.25) is 0 Å². The van der Waals surface area contributed by atoms with E-state index >= 15 is 0 Å². The number of fused-ring (bicyclic) bond motifs is 1. The molecule has 4 aromatic rings. The van der Waals surface area contributed by atoms with Crippen LogP contribution in [0.25, 0.3) is 22.8 Å². The summed E-state index contributed by atoms with van der Waals surface area (Å²) >= 11 is 6.53. The molecule has 190 valence electrons. The topological polar surface area (TPSA) is 56.3 Å². The van der Waals surface area contributed by atoms with Crippen LogP contribution in [0.5, 0.6) is 0 Å². The Balaban J connectivity index is 1.79. The highest BCUT2D eigenvalue weighted by atomic mass is 35.5. The standard InChI is InChI=1S/C33H29ClN2O2/c1-36(2)20-19-33(38,29-17-10-14-23-11-6-7-15-26(23)29)31(24-12-4-3-5-13-24)28-21-25(22-35-32(28)37)27-16-8-9-18-30(27)34/h3-9,11-16,18,21-22,31,38H,19-20H2,1-2H3,(H,35,37). The zero-order valence-corrected chi connectivity index (χ0v) is 22.2. The molecular formula is C33H29ClN2O2. The van der Waals surface area contributed by atoms with Crippen molar-refractivity contribution < 1.29 is 5.11 Å². The minimum Gasteiger partial charge on any atom is -0.383 e. The number of benzene rings is 3. The van der Waals surface area contributed by atoms with Crippen molar-refractivity contribution in [2.45, 2.75) is 17.9 Å². The summed E-state index contributed by atoms with van der Waals surface area (Å²) in [6.45, 7) is 0.596. The molecule has 3 aromatic carbocycles. The minimum atomic E-state index is -1.48. The number of halogens is 1. The van der Waals surface area contributed by atoms with Crippen LogP contribution in [0, 0.1) is 0 Å². The molecule has 4 nitrogen and oxygen atoms in total. The van der Waals surface area contributed by atoms with Crippen LogP contribution in [0.3, 0.4) is 0 Å². The van der Waals surface area contributed by atoms with Gasteiger partial charge in [-0.2, -0.15) is 0 Å². The predicted octanol–water partition coefficient (Wildman–Crippen LogP) is 6.37. The highest BCUT2D eigenvalue weighted by molar-refractivity contribution is 6.33. The molecule has 0 saturated carbocycles. The van der Waals surface area contributed by atoms with Gasteiger partial charge in [0.25, 0.3) is 5.56 Å². The normalized spacial score (nSPS) is 14.6. The van der Waals surface area contributed by atoms with E-state index in [1.807, 2.05) is 110 Å². The van der Waals surface area contributed by atoms with Crippen molar-refractivity contribution in [1.82, 2.24) is 9.88 Å². The van der Waals surface area contributed by atoms with Gasteiger partial charge in [-0.15, -0.1) is 0 Å². The molecule has 0 fully saturated rings. The highest BCUT2D eigenvalue weighted by Gasteiger charge is 2.44. The molecule has 5 rings (SSSR count). The maximum atomic E-state index is 13.6. The van der Waals surface area contributed by atoms with E-state index in [1.165, 1.54) is 0 Å². The summed E-state index contributed by atoms with van der Waals surface area (Å²) in [7, 11) is 3.95. The summed E-state index contributed by atoms with van der Waals surface area (Å²) in [6.07, 6.45) is 3.91. The summed E-state index contributed by atoms with van der Waals surface area (Å²) < 4.78 is 0. The molecule has 0 radical (unpaired) electrons. The van der Waals surface area contributed by atoms with Crippen LogP contribution in [0.1, 0.15) is 34.6 Å². The number of pyridine rings is 1. The van der Waals surface area contributed by atoms with Crippen LogP contribution in [-0.4, -0.2) is 41.2 Å². The van der Waals surface area contributed by atoms with E-state index in [1.54, 1.807) is 6.20 Å². The predicted molar refractivity (Wildman–Crippen MR) is 155 cm³/mol. The molecular weight excluding hydrogens is 492 g/mol. The second-order valence-corrected chi connectivity index (χ2v) is 10.3. The minimum absolute atomic E-state index is 0.262. The fourth-order valence-electron chi connectivity index (χ4n) is 5.18. The first-order valence-corrected chi connectivity index (χ1v) is 13.0. The SMILES string of the molecule is CN(C)CCC(O)(C1=C=C=Cc2ccccc21)C(c1ccccc1)c1cc(-c2ccccc2Cl)c[nH]c1=O. The Morgan fingerprint density at radius 1 is 0.974 bits per heavy atom. The van der Waals surface area contributed by atoms with E-state index < -0.39 is 11.5 Å². The summed E-state index contributed by atoms with van der Waals surface area (Å²) in [5.74, 6) is -0.690. The first-order chi connectivity index (χ1) is 18.4. The van der Waals surface area contributed by atoms with Crippen molar-refractivity contribution in [3.63, 3.8) is 0 Å². The first kappa shape index (κ1) is 25.8. The van der Waals surface area contributed by atoms with Gasteiger partial charge in [-0.25, -0.2) is 0 Å². The molecule has 2 N–H and O–H groups in total. The van der Waals surface area contributed by atoms with Crippen molar-refractivity contribution in [3.8, 4) is 11.1 Å². The molecule has 2 unspecified atom stereocenters. The lowest BCUT2D eigenvalue weighted by Gasteiger charge is -2.39. The third-order valence-electron chi connectivity index (χ3n) is 7.07. The van der Waals surface area contributed by atoms with Crippen LogP contribution in [-0.2, 0) is 0 Å². The molecule has 1 aliphatic carbocycles. The zero-order valence-electron chi connectivity index (χ0n) is 21.4. The number of hydrogen-bond acceptors (Lipinski definition) is 3. The Morgan fingerprint density at radius 3 is 2.39 bits per heavy atom. The van der Waals surface area contributed by atoms with E-state index in [9.17, 15) is 9.90 Å². The van der Waals surface area contributed by atoms with Gasteiger partial charge in [-0.1, -0.05) is 95.9 Å². The number of aliphatic hydroxyl groups is 1. The fourth-order valence-corrected chi connectivity index (χ4v) is 5.42. The van der Waals surface area contributed by atoms with E-state index in [0.717, 1.165) is 27.8 Å². The highest BCUT2D eigenvalue weighted by Crippen LogP contribution is 2.46. The van der Waals surface area contributed by atoms with Gasteiger partial charge < -0.3 is 15.0 Å². The van der Waals surface area contributed by atoms with Gasteiger partial charge in [-0.3, -0.25) is 4.79 Å². The number of aromatic nitrogens is 1. The lowest BCUT2D eigenvalue weighted by molar-refractivity contribution is 0.0665. The molecule has 0 aliphatic heterocycles. The van der Waals surface area contributed by atoms with Gasteiger partial charge in [0.1, 0.15) is 5.60 Å². The average molecular weight is 521 g/mol. The average Bonchev–Trinajstić information content (AvgIpc) is 2.94. The lowest BCUT2D eigenvalue weighted by Crippen LogP contribution is -2.43. The molecule has 5 heteroatoms. The van der Waals surface area contributed by atoms with Crippen LogP contribution < -0.4 is 5.56 Å². The third kappa shape index (κ3) is 4.97. The number of nitrogens with zero attached hydrogens (tertiary/aromatic N) is 1. The quantitative estimate of drug-likeness (QED) is 0.265. The largest absolute Gasteiger partial charge is 0.383 e. The second kappa shape index (κ2) is 10.8. The first-order valence-electron chi connectivity index (χ1n) is 12.6. The van der Waals surface area contributed by atoms with Crippen molar-refractivity contribution in [1.29, 1.82) is 0 Å². The molecule has 0 saturated heterocycles. The molecule has 1 aliphatic rings. The molecule has 1 heterocycles. The molecule has 0 spiro atoms. The van der Waals surface area contributed by atoms with Crippen LogP contribution in [0.15, 0.2) is 107 Å². The maximum Gasteiger partial charge on any atom is 0.251 e. The number of rotatable bonds is 8. The van der Waals surface area contributed by atoms with Crippen molar-refractivity contribution in [3.05, 3.63) is 140 Å². The van der Waals surface area contributed by atoms with E-state index in [2.05, 4.69) is 16.4 Å². The van der Waals surface area contributed by atoms with E-state index in [-0.39, 0.29) is 5.56 Å². The van der Waals surface area contributed by atoms with Gasteiger partial charge in [-0.05, 0) is 61.0 Å². The Labute approximate surface area is 227 Å². The zero-order chi connectivity index (χ0) is 26.7. The van der Waals surface area contributed by atoms with Crippen LogP contribution >= 0.6 is 11.6 Å². The fraction of sp³-hybridized carbons (Fsp3) is 0.182. The Kier molecular flexibility index (Phi) is 7.35. The van der Waals surface area contributed by atoms with E-state index in [4.69, 9.17) is 11.6 Å². The molecule has 0 amide bonds. The summed E-state index contributed by atoms with van der Waals surface area (Å²) in [6, 6.07) is 27.0. The Bertz CT molecular complexity index is 1630. The van der Waals surface area contributed by atoms with Crippen molar-refractivity contribution in [2.24, 2.45) is 0 Å². The van der Waals surface area contributed by atoms with E-state index in [0.29, 0.717) is 29.1 Å². The van der Waals surface area contributed by atoms with Gasteiger partial charge in [0, 0.05) is 40.4 Å². The Morgan fingerprint density at radius 2 is 1.66 bits per heavy atom. The number of H-pyrrole nitrogens is 1. The molecule has 0 bridgehead atoms. The molecule has 1 aromatic heterocycles. The molecule has 2 atom stereocenters. The number of nitrogens with one attached hydrogen (secondary N) is 1. The third-order valence-corrected chi connectivity index (χ3v) is 7.40. The number of aromatic amines is 1. The summed E-state index contributed by atoms with van der Waals surface area (Å²) in [5, 5.41) is 13.5. The second-order valence-electron chi connectivity index (χ2n) is 9.85. The monoisotopic (exact) mass is 520 g/mol. The molecule has 38 heavy (non-hydrogen) atoms. The maximum absolute atomic E-state index is 13.6. The van der Waals surface area contributed by atoms with Crippen molar-refractivity contribution >= 4 is 23.3 Å². The summed E-state index contributed by atoms with van der Waals surface area (Å²) in [5.41, 5.74) is 9.94. The lowest BCUT2D eigenvalue weighted by atomic mass is 9.69. The Hall–Kier alpha value is -3.88. The van der Waals surface area contributed by atoms with Gasteiger partial charge >= 0.3 is 0 Å².